The largest absolute Gasteiger partial charge is 0.341 e. The summed E-state index contributed by atoms with van der Waals surface area (Å²) >= 11 is 0. The van der Waals surface area contributed by atoms with E-state index in [1.165, 1.54) is 5.56 Å². The maximum Gasteiger partial charge on any atom is 0.262 e. The predicted octanol–water partition coefficient (Wildman–Crippen LogP) is 2.35. The lowest BCUT2D eigenvalue weighted by molar-refractivity contribution is -0.134. The van der Waals surface area contributed by atoms with Crippen molar-refractivity contribution in [3.63, 3.8) is 0 Å². The van der Waals surface area contributed by atoms with Crippen molar-refractivity contribution in [2.75, 3.05) is 32.7 Å². The lowest BCUT2D eigenvalue weighted by Gasteiger charge is -2.27. The number of likely N-dealkylation sites (N-methyl/N-ethyl adjacent to an activating group) is 1. The molecule has 2 unspecified atom stereocenters. The highest BCUT2D eigenvalue weighted by molar-refractivity contribution is 5.82. The fourth-order valence-corrected chi connectivity index (χ4v) is 3.84. The summed E-state index contributed by atoms with van der Waals surface area (Å²) in [7, 11) is 0. The van der Waals surface area contributed by atoms with Gasteiger partial charge in [-0.1, -0.05) is 30.3 Å². The number of benzene rings is 1. The number of nitrogens with one attached hydrogen (secondary N) is 1. The number of nitrogens with zero attached hydrogens (tertiary/aromatic N) is 2. The van der Waals surface area contributed by atoms with Gasteiger partial charge in [0.2, 0.25) is 5.91 Å². The van der Waals surface area contributed by atoms with E-state index < -0.39 is 18.5 Å². The van der Waals surface area contributed by atoms with Gasteiger partial charge in [0.1, 0.15) is 0 Å². The second-order valence-electron chi connectivity index (χ2n) is 7.25. The Morgan fingerprint density at radius 1 is 1.36 bits per heavy atom. The Kier molecular flexibility index (Phi) is 5.69. The van der Waals surface area contributed by atoms with Crippen LogP contribution in [0, 0.1) is 5.92 Å². The maximum atomic E-state index is 13.3. The minimum atomic E-state index is -2.76. The third-order valence-electron chi connectivity index (χ3n) is 5.20. The van der Waals surface area contributed by atoms with E-state index in [4.69, 9.17) is 0 Å². The molecule has 2 heterocycles. The maximum absolute atomic E-state index is 13.3. The summed E-state index contributed by atoms with van der Waals surface area (Å²) in [5.74, 6) is -2.53. The molecular formula is C19H27F2N3O. The summed E-state index contributed by atoms with van der Waals surface area (Å²) in [6.45, 7) is 5.64. The second-order valence-corrected chi connectivity index (χ2v) is 7.25. The van der Waals surface area contributed by atoms with Crippen LogP contribution in [0.5, 0.6) is 0 Å². The first kappa shape index (κ1) is 18.3. The van der Waals surface area contributed by atoms with E-state index in [-0.39, 0.29) is 12.3 Å². The minimum Gasteiger partial charge on any atom is -0.341 e. The third-order valence-corrected chi connectivity index (χ3v) is 5.20. The van der Waals surface area contributed by atoms with E-state index in [2.05, 4.69) is 22.3 Å². The highest BCUT2D eigenvalue weighted by Crippen LogP contribution is 2.27. The average molecular weight is 351 g/mol. The highest BCUT2D eigenvalue weighted by atomic mass is 19.3. The number of carbonyl (C=O) groups is 1. The van der Waals surface area contributed by atoms with Crippen molar-refractivity contribution in [1.82, 2.24) is 15.1 Å². The van der Waals surface area contributed by atoms with Crippen molar-refractivity contribution in [3.05, 3.63) is 35.9 Å². The van der Waals surface area contributed by atoms with Gasteiger partial charge in [0.15, 0.2) is 0 Å². The summed E-state index contributed by atoms with van der Waals surface area (Å²) in [6, 6.07) is 9.62. The Bertz CT molecular complexity index is 581. The number of carbonyl (C=O) groups excluding carboxylic acids is 1. The first-order chi connectivity index (χ1) is 12.0. The third kappa shape index (κ3) is 4.76. The molecule has 2 fully saturated rings. The molecular weight excluding hydrogens is 324 g/mol. The number of hydrogen-bond acceptors (Lipinski definition) is 3. The van der Waals surface area contributed by atoms with Crippen molar-refractivity contribution in [3.8, 4) is 0 Å². The van der Waals surface area contributed by atoms with Crippen molar-refractivity contribution >= 4 is 5.91 Å². The van der Waals surface area contributed by atoms with Crippen LogP contribution in [0.25, 0.3) is 0 Å². The van der Waals surface area contributed by atoms with Crippen molar-refractivity contribution in [2.45, 2.75) is 38.3 Å². The highest BCUT2D eigenvalue weighted by Gasteiger charge is 2.43. The molecule has 0 radical (unpaired) electrons. The van der Waals surface area contributed by atoms with Gasteiger partial charge in [-0.15, -0.1) is 0 Å². The summed E-state index contributed by atoms with van der Waals surface area (Å²) in [5.41, 5.74) is 1.30. The molecule has 4 nitrogen and oxygen atoms in total. The molecule has 0 spiro atoms. The number of alkyl halides is 2. The smallest absolute Gasteiger partial charge is 0.262 e. The molecule has 138 valence electrons. The summed E-state index contributed by atoms with van der Waals surface area (Å²) < 4.78 is 26.7. The van der Waals surface area contributed by atoms with E-state index >= 15 is 0 Å². The molecule has 2 atom stereocenters. The van der Waals surface area contributed by atoms with Crippen LogP contribution in [-0.2, 0) is 11.3 Å². The first-order valence-electron chi connectivity index (χ1n) is 9.13. The SMILES string of the molecule is CCN(CC1CCN(Cc2ccccc2)C1)C(=O)C1CC(F)(F)CN1. The van der Waals surface area contributed by atoms with Crippen molar-refractivity contribution in [1.29, 1.82) is 0 Å². The van der Waals surface area contributed by atoms with Gasteiger partial charge in [-0.25, -0.2) is 8.78 Å². The minimum absolute atomic E-state index is 0.179. The van der Waals surface area contributed by atoms with Crippen LogP contribution in [0.4, 0.5) is 8.78 Å². The normalized spacial score (nSPS) is 26.0. The topological polar surface area (TPSA) is 35.6 Å². The summed E-state index contributed by atoms with van der Waals surface area (Å²) in [4.78, 5) is 16.7. The number of halogens is 2. The lowest BCUT2D eigenvalue weighted by Crippen LogP contribution is -2.45. The molecule has 3 rings (SSSR count). The number of rotatable bonds is 6. The number of amides is 1. The molecule has 1 aromatic carbocycles. The average Bonchev–Trinajstić information content (AvgIpc) is 3.19. The Labute approximate surface area is 148 Å². The van der Waals surface area contributed by atoms with Crippen LogP contribution in [0.3, 0.4) is 0 Å². The van der Waals surface area contributed by atoms with Gasteiger partial charge in [-0.05, 0) is 31.4 Å². The fourth-order valence-electron chi connectivity index (χ4n) is 3.84. The van der Waals surface area contributed by atoms with Crippen LogP contribution in [0.15, 0.2) is 30.3 Å². The van der Waals surface area contributed by atoms with Gasteiger partial charge in [-0.2, -0.15) is 0 Å². The molecule has 1 amide bonds. The zero-order valence-corrected chi connectivity index (χ0v) is 14.8. The molecule has 0 bridgehead atoms. The quantitative estimate of drug-likeness (QED) is 0.855. The zero-order valence-electron chi connectivity index (χ0n) is 14.8. The molecule has 0 aliphatic carbocycles. The molecule has 2 aliphatic heterocycles. The monoisotopic (exact) mass is 351 g/mol. The Balaban J connectivity index is 1.50. The molecule has 0 aromatic heterocycles. The van der Waals surface area contributed by atoms with Crippen LogP contribution in [0.1, 0.15) is 25.3 Å². The van der Waals surface area contributed by atoms with Gasteiger partial charge in [0.25, 0.3) is 5.92 Å². The molecule has 6 heteroatoms. The fraction of sp³-hybridized carbons (Fsp3) is 0.632. The van der Waals surface area contributed by atoms with E-state index in [9.17, 15) is 13.6 Å². The predicted molar refractivity (Wildman–Crippen MR) is 93.4 cm³/mol. The molecule has 1 N–H and O–H groups in total. The van der Waals surface area contributed by atoms with Crippen molar-refractivity contribution in [2.24, 2.45) is 5.92 Å². The van der Waals surface area contributed by atoms with Gasteiger partial charge in [-0.3, -0.25) is 15.0 Å². The van der Waals surface area contributed by atoms with Gasteiger partial charge in [0.05, 0.1) is 12.6 Å². The van der Waals surface area contributed by atoms with Crippen LogP contribution < -0.4 is 5.32 Å². The number of hydrogen-bond donors (Lipinski definition) is 1. The van der Waals surface area contributed by atoms with Crippen LogP contribution >= 0.6 is 0 Å². The summed E-state index contributed by atoms with van der Waals surface area (Å²) in [5, 5.41) is 2.68. The Morgan fingerprint density at radius 3 is 2.76 bits per heavy atom. The Hall–Kier alpha value is -1.53. The van der Waals surface area contributed by atoms with Crippen LogP contribution in [-0.4, -0.2) is 60.4 Å². The second kappa shape index (κ2) is 7.79. The van der Waals surface area contributed by atoms with E-state index in [0.29, 0.717) is 19.0 Å². The Morgan fingerprint density at radius 2 is 2.12 bits per heavy atom. The first-order valence-corrected chi connectivity index (χ1v) is 9.13. The number of likely N-dealkylation sites (tertiary alicyclic amines) is 1. The van der Waals surface area contributed by atoms with Crippen molar-refractivity contribution < 1.29 is 13.6 Å². The molecule has 1 aromatic rings. The van der Waals surface area contributed by atoms with Crippen LogP contribution in [0.2, 0.25) is 0 Å². The molecule has 0 saturated carbocycles. The zero-order chi connectivity index (χ0) is 17.9. The van der Waals surface area contributed by atoms with E-state index in [1.807, 2.05) is 25.1 Å². The molecule has 2 saturated heterocycles. The lowest BCUT2D eigenvalue weighted by atomic mass is 10.1. The van der Waals surface area contributed by atoms with Gasteiger partial charge in [0, 0.05) is 32.6 Å². The molecule has 2 aliphatic rings. The standard InChI is InChI=1S/C19H27F2N3O/c1-2-24(18(25)17-10-19(20,21)14-22-17)13-16-8-9-23(12-16)11-15-6-4-3-5-7-15/h3-7,16-17,22H,2,8-14H2,1H3. The summed E-state index contributed by atoms with van der Waals surface area (Å²) in [6.07, 6.45) is 0.665. The van der Waals surface area contributed by atoms with E-state index in [1.54, 1.807) is 4.90 Å². The van der Waals surface area contributed by atoms with Gasteiger partial charge < -0.3 is 4.90 Å². The molecule has 25 heavy (non-hydrogen) atoms. The van der Waals surface area contributed by atoms with Gasteiger partial charge >= 0.3 is 0 Å². The van der Waals surface area contributed by atoms with E-state index in [0.717, 1.165) is 26.1 Å².